The lowest BCUT2D eigenvalue weighted by Crippen LogP contribution is -2.47. The summed E-state index contributed by atoms with van der Waals surface area (Å²) in [6.45, 7) is 6.94. The van der Waals surface area contributed by atoms with Gasteiger partial charge in [-0.3, -0.25) is 0 Å². The molecule has 8 heteroatoms. The molecule has 5 nitrogen and oxygen atoms in total. The van der Waals surface area contributed by atoms with Crippen LogP contribution in [-0.2, 0) is 10.0 Å². The van der Waals surface area contributed by atoms with Gasteiger partial charge in [-0.15, -0.1) is 0 Å². The lowest BCUT2D eigenvalue weighted by Gasteiger charge is -2.32. The van der Waals surface area contributed by atoms with Crippen LogP contribution in [0.3, 0.4) is 0 Å². The molecular weight excluding hydrogens is 378 g/mol. The molecule has 0 saturated carbocycles. The van der Waals surface area contributed by atoms with Gasteiger partial charge in [0, 0.05) is 19.1 Å². The first-order valence-corrected chi connectivity index (χ1v) is 10.9. The van der Waals surface area contributed by atoms with Gasteiger partial charge < -0.3 is 10.6 Å². The van der Waals surface area contributed by atoms with Crippen LogP contribution in [0.25, 0.3) is 0 Å². The zero-order valence-electron chi connectivity index (χ0n) is 14.9. The van der Waals surface area contributed by atoms with Crippen LogP contribution in [0, 0.1) is 13.8 Å². The van der Waals surface area contributed by atoms with Gasteiger partial charge in [0.25, 0.3) is 0 Å². The van der Waals surface area contributed by atoms with E-state index in [9.17, 15) is 8.42 Å². The van der Waals surface area contributed by atoms with E-state index in [2.05, 4.69) is 10.6 Å². The molecule has 0 unspecified atom stereocenters. The van der Waals surface area contributed by atoms with Gasteiger partial charge in [-0.2, -0.15) is 0 Å². The molecule has 0 spiro atoms. The summed E-state index contributed by atoms with van der Waals surface area (Å²) in [6.07, 6.45) is 2.13. The molecule has 1 aliphatic heterocycles. The Bertz CT molecular complexity index is 706. The van der Waals surface area contributed by atoms with Gasteiger partial charge in [-0.25, -0.2) is 12.7 Å². The van der Waals surface area contributed by atoms with Crippen LogP contribution in [0.5, 0.6) is 0 Å². The zero-order valence-corrected chi connectivity index (χ0v) is 17.3. The van der Waals surface area contributed by atoms with Crippen LogP contribution >= 0.6 is 23.8 Å². The van der Waals surface area contributed by atoms with E-state index < -0.39 is 10.0 Å². The largest absolute Gasteiger partial charge is 0.360 e. The Morgan fingerprint density at radius 1 is 1.32 bits per heavy atom. The number of nitrogens with zero attached hydrogens (tertiary/aromatic N) is 1. The van der Waals surface area contributed by atoms with Crippen molar-refractivity contribution < 1.29 is 8.42 Å². The van der Waals surface area contributed by atoms with Gasteiger partial charge >= 0.3 is 0 Å². The first-order valence-electron chi connectivity index (χ1n) is 8.55. The fourth-order valence-electron chi connectivity index (χ4n) is 3.07. The number of hydrogen-bond acceptors (Lipinski definition) is 3. The van der Waals surface area contributed by atoms with Crippen LogP contribution in [0.1, 0.15) is 37.3 Å². The van der Waals surface area contributed by atoms with E-state index in [1.807, 2.05) is 32.9 Å². The standard InChI is InChI=1S/C17H26ClN3O2S2/c1-4-9-25(22,23)21-7-5-14(6-8-21)19-17(24)20-16-13(3)10-12(2)11-15(16)18/h10-11,14H,4-9H2,1-3H3,(H2,19,20,24). The molecule has 0 aliphatic carbocycles. The fourth-order valence-corrected chi connectivity index (χ4v) is 5.25. The van der Waals surface area contributed by atoms with Gasteiger partial charge in [-0.05, 0) is 62.5 Å². The second-order valence-electron chi connectivity index (χ2n) is 6.53. The SMILES string of the molecule is CCCS(=O)(=O)N1CCC(NC(=S)Nc2c(C)cc(C)cc2Cl)CC1. The highest BCUT2D eigenvalue weighted by Gasteiger charge is 2.27. The van der Waals surface area contributed by atoms with Crippen molar-refractivity contribution in [3.63, 3.8) is 0 Å². The minimum absolute atomic E-state index is 0.164. The van der Waals surface area contributed by atoms with E-state index in [-0.39, 0.29) is 11.8 Å². The number of piperidine rings is 1. The van der Waals surface area contributed by atoms with Crippen molar-refractivity contribution >= 4 is 44.6 Å². The molecule has 1 aromatic rings. The predicted octanol–water partition coefficient (Wildman–Crippen LogP) is 3.45. The number of aryl methyl sites for hydroxylation is 2. The molecule has 25 heavy (non-hydrogen) atoms. The van der Waals surface area contributed by atoms with Crippen LogP contribution in [0.15, 0.2) is 12.1 Å². The first-order chi connectivity index (χ1) is 11.7. The van der Waals surface area contributed by atoms with Crippen LogP contribution in [-0.4, -0.2) is 42.7 Å². The van der Waals surface area contributed by atoms with Gasteiger partial charge in [0.2, 0.25) is 10.0 Å². The van der Waals surface area contributed by atoms with Crippen molar-refractivity contribution in [2.45, 2.75) is 46.1 Å². The molecule has 140 valence electrons. The van der Waals surface area contributed by atoms with Crippen molar-refractivity contribution in [1.82, 2.24) is 9.62 Å². The van der Waals surface area contributed by atoms with Crippen molar-refractivity contribution in [1.29, 1.82) is 0 Å². The number of nitrogens with one attached hydrogen (secondary N) is 2. The van der Waals surface area contributed by atoms with Crippen molar-refractivity contribution in [2.24, 2.45) is 0 Å². The average molecular weight is 404 g/mol. The number of anilines is 1. The van der Waals surface area contributed by atoms with Crippen LogP contribution < -0.4 is 10.6 Å². The molecular formula is C17H26ClN3O2S2. The molecule has 2 rings (SSSR count). The van der Waals surface area contributed by atoms with E-state index in [1.54, 1.807) is 4.31 Å². The second kappa shape index (κ2) is 8.66. The number of halogens is 1. The summed E-state index contributed by atoms with van der Waals surface area (Å²) < 4.78 is 25.8. The van der Waals surface area contributed by atoms with Crippen molar-refractivity contribution in [2.75, 3.05) is 24.2 Å². The van der Waals surface area contributed by atoms with Gasteiger partial charge in [0.15, 0.2) is 5.11 Å². The average Bonchev–Trinajstić information content (AvgIpc) is 2.51. The summed E-state index contributed by atoms with van der Waals surface area (Å²) in [5.41, 5.74) is 2.95. The third-order valence-electron chi connectivity index (χ3n) is 4.31. The quantitative estimate of drug-likeness (QED) is 0.737. The number of thiocarbonyl (C=S) groups is 1. The minimum atomic E-state index is -3.11. The number of sulfonamides is 1. The van der Waals surface area contributed by atoms with Crippen molar-refractivity contribution in [3.05, 3.63) is 28.3 Å². The van der Waals surface area contributed by atoms with Gasteiger partial charge in [-0.1, -0.05) is 24.6 Å². The monoisotopic (exact) mass is 403 g/mol. The molecule has 0 radical (unpaired) electrons. The Labute approximate surface area is 161 Å². The topological polar surface area (TPSA) is 61.4 Å². The molecule has 1 saturated heterocycles. The van der Waals surface area contributed by atoms with E-state index in [4.69, 9.17) is 23.8 Å². The highest BCUT2D eigenvalue weighted by Crippen LogP contribution is 2.27. The predicted molar refractivity (Wildman–Crippen MR) is 109 cm³/mol. The molecule has 1 fully saturated rings. The third-order valence-corrected chi connectivity index (χ3v) is 6.91. The summed E-state index contributed by atoms with van der Waals surface area (Å²) in [5, 5.41) is 7.61. The molecule has 0 bridgehead atoms. The minimum Gasteiger partial charge on any atom is -0.360 e. The Balaban J connectivity index is 1.89. The smallest absolute Gasteiger partial charge is 0.214 e. The third kappa shape index (κ3) is 5.54. The summed E-state index contributed by atoms with van der Waals surface area (Å²) in [6, 6.07) is 4.11. The molecule has 1 heterocycles. The maximum Gasteiger partial charge on any atom is 0.214 e. The molecule has 1 aliphatic rings. The van der Waals surface area contributed by atoms with E-state index in [0.29, 0.717) is 29.6 Å². The Kier molecular flexibility index (Phi) is 7.08. The zero-order chi connectivity index (χ0) is 18.6. The number of rotatable bonds is 5. The summed E-state index contributed by atoms with van der Waals surface area (Å²) in [4.78, 5) is 0. The maximum absolute atomic E-state index is 12.1. The Hall–Kier alpha value is -0.890. The lowest BCUT2D eigenvalue weighted by molar-refractivity contribution is 0.308. The number of benzene rings is 1. The van der Waals surface area contributed by atoms with E-state index in [0.717, 1.165) is 29.7 Å². The normalized spacial score (nSPS) is 16.6. The maximum atomic E-state index is 12.1. The second-order valence-corrected chi connectivity index (χ2v) is 9.43. The highest BCUT2D eigenvalue weighted by atomic mass is 35.5. The molecule has 0 atom stereocenters. The highest BCUT2D eigenvalue weighted by molar-refractivity contribution is 7.89. The van der Waals surface area contributed by atoms with Crippen molar-refractivity contribution in [3.8, 4) is 0 Å². The Morgan fingerprint density at radius 2 is 1.96 bits per heavy atom. The van der Waals surface area contributed by atoms with Crippen LogP contribution in [0.2, 0.25) is 5.02 Å². The Morgan fingerprint density at radius 3 is 2.52 bits per heavy atom. The molecule has 1 aromatic carbocycles. The lowest BCUT2D eigenvalue weighted by atomic mass is 10.1. The summed E-state index contributed by atoms with van der Waals surface area (Å²) >= 11 is 11.7. The number of hydrogen-bond donors (Lipinski definition) is 2. The molecule has 0 aromatic heterocycles. The molecule has 0 amide bonds. The molecule has 2 N–H and O–H groups in total. The summed E-state index contributed by atoms with van der Waals surface area (Å²) in [5.74, 6) is 0.219. The van der Waals surface area contributed by atoms with E-state index >= 15 is 0 Å². The fraction of sp³-hybridized carbons (Fsp3) is 0.588. The summed E-state index contributed by atoms with van der Waals surface area (Å²) in [7, 11) is -3.11. The van der Waals surface area contributed by atoms with E-state index in [1.165, 1.54) is 0 Å². The van der Waals surface area contributed by atoms with Gasteiger partial charge in [0.1, 0.15) is 0 Å². The van der Waals surface area contributed by atoms with Crippen LogP contribution in [0.4, 0.5) is 5.69 Å². The first kappa shape index (κ1) is 20.4. The van der Waals surface area contributed by atoms with Gasteiger partial charge in [0.05, 0.1) is 16.5 Å².